The van der Waals surface area contributed by atoms with Crippen molar-refractivity contribution in [1.82, 2.24) is 5.32 Å². The predicted molar refractivity (Wildman–Crippen MR) is 69.9 cm³/mol. The average molecular weight is 241 g/mol. The molecular formula is C14H27NO2. The Morgan fingerprint density at radius 1 is 1.35 bits per heavy atom. The third kappa shape index (κ3) is 6.06. The molecule has 0 heterocycles. The Morgan fingerprint density at radius 3 is 2.65 bits per heavy atom. The van der Waals surface area contributed by atoms with Crippen LogP contribution in [0.3, 0.4) is 0 Å². The minimum Gasteiger partial charge on any atom is -0.366 e. The molecule has 0 spiro atoms. The van der Waals surface area contributed by atoms with Crippen molar-refractivity contribution in [2.45, 2.75) is 71.4 Å². The summed E-state index contributed by atoms with van der Waals surface area (Å²) in [7, 11) is 0. The molecule has 0 aromatic heterocycles. The molecule has 0 aromatic carbocycles. The summed E-state index contributed by atoms with van der Waals surface area (Å²) < 4.78 is 5.47. The van der Waals surface area contributed by atoms with E-state index in [1.165, 1.54) is 19.3 Å². The van der Waals surface area contributed by atoms with E-state index in [9.17, 15) is 4.79 Å². The quantitative estimate of drug-likeness (QED) is 0.822. The van der Waals surface area contributed by atoms with E-state index in [2.05, 4.69) is 12.2 Å². The Kier molecular flexibility index (Phi) is 5.44. The van der Waals surface area contributed by atoms with E-state index >= 15 is 0 Å². The van der Waals surface area contributed by atoms with Gasteiger partial charge in [0.2, 0.25) is 5.91 Å². The van der Waals surface area contributed by atoms with Gasteiger partial charge in [0.05, 0.1) is 5.60 Å². The molecule has 100 valence electrons. The first-order chi connectivity index (χ1) is 7.90. The second-order valence-electron chi connectivity index (χ2n) is 6.11. The van der Waals surface area contributed by atoms with E-state index in [0.29, 0.717) is 6.04 Å². The lowest BCUT2D eigenvalue weighted by molar-refractivity contribution is -0.131. The predicted octanol–water partition coefficient (Wildman–Crippen LogP) is 2.89. The molecule has 2 unspecified atom stereocenters. The van der Waals surface area contributed by atoms with Gasteiger partial charge in [-0.2, -0.15) is 0 Å². The van der Waals surface area contributed by atoms with Crippen LogP contribution in [0.25, 0.3) is 0 Å². The van der Waals surface area contributed by atoms with E-state index in [1.54, 1.807) is 0 Å². The van der Waals surface area contributed by atoms with Crippen molar-refractivity contribution >= 4 is 5.91 Å². The fourth-order valence-corrected chi connectivity index (χ4v) is 2.34. The summed E-state index contributed by atoms with van der Waals surface area (Å²) in [5.41, 5.74) is -0.240. The Bertz CT molecular complexity index is 245. The van der Waals surface area contributed by atoms with E-state index in [4.69, 9.17) is 4.74 Å². The van der Waals surface area contributed by atoms with Crippen LogP contribution in [0.4, 0.5) is 0 Å². The molecule has 0 radical (unpaired) electrons. The van der Waals surface area contributed by atoms with Crippen LogP contribution in [0.2, 0.25) is 0 Å². The SMILES string of the molecule is CCC1CCCC(NC(=O)COC(C)(C)C)C1. The van der Waals surface area contributed by atoms with E-state index in [1.807, 2.05) is 20.8 Å². The molecule has 0 aromatic rings. The number of hydrogen-bond donors (Lipinski definition) is 1. The van der Waals surface area contributed by atoms with Crippen molar-refractivity contribution in [3.05, 3.63) is 0 Å². The summed E-state index contributed by atoms with van der Waals surface area (Å²) in [6.45, 7) is 8.31. The zero-order chi connectivity index (χ0) is 12.9. The van der Waals surface area contributed by atoms with Crippen LogP contribution in [0.1, 0.15) is 59.8 Å². The van der Waals surface area contributed by atoms with E-state index in [-0.39, 0.29) is 18.1 Å². The molecule has 17 heavy (non-hydrogen) atoms. The summed E-state index contributed by atoms with van der Waals surface area (Å²) in [6, 6.07) is 0.366. The molecule has 1 rings (SSSR count). The normalized spacial score (nSPS) is 25.6. The van der Waals surface area contributed by atoms with Crippen molar-refractivity contribution in [3.63, 3.8) is 0 Å². The van der Waals surface area contributed by atoms with Gasteiger partial charge >= 0.3 is 0 Å². The van der Waals surface area contributed by atoms with Crippen molar-refractivity contribution in [3.8, 4) is 0 Å². The van der Waals surface area contributed by atoms with Crippen LogP contribution in [0.5, 0.6) is 0 Å². The number of nitrogens with one attached hydrogen (secondary N) is 1. The maximum Gasteiger partial charge on any atom is 0.246 e. The second kappa shape index (κ2) is 6.39. The summed E-state index contributed by atoms with van der Waals surface area (Å²) in [5.74, 6) is 0.819. The highest BCUT2D eigenvalue weighted by molar-refractivity contribution is 5.77. The lowest BCUT2D eigenvalue weighted by Crippen LogP contribution is -2.41. The Labute approximate surface area is 105 Å². The van der Waals surface area contributed by atoms with Gasteiger partial charge in [0.15, 0.2) is 0 Å². The van der Waals surface area contributed by atoms with Crippen molar-refractivity contribution < 1.29 is 9.53 Å². The monoisotopic (exact) mass is 241 g/mol. The Morgan fingerprint density at radius 2 is 2.06 bits per heavy atom. The van der Waals surface area contributed by atoms with Crippen molar-refractivity contribution in [2.75, 3.05) is 6.61 Å². The lowest BCUT2D eigenvalue weighted by atomic mass is 9.84. The fraction of sp³-hybridized carbons (Fsp3) is 0.929. The number of carbonyl (C=O) groups is 1. The Balaban J connectivity index is 2.26. The minimum atomic E-state index is -0.240. The summed E-state index contributed by atoms with van der Waals surface area (Å²) in [6.07, 6.45) is 6.05. The molecule has 3 heteroatoms. The Hall–Kier alpha value is -0.570. The molecule has 0 saturated heterocycles. The largest absolute Gasteiger partial charge is 0.366 e. The average Bonchev–Trinajstić information content (AvgIpc) is 2.26. The molecule has 0 aliphatic heterocycles. The van der Waals surface area contributed by atoms with Gasteiger partial charge < -0.3 is 10.1 Å². The van der Waals surface area contributed by atoms with Gasteiger partial charge in [0.25, 0.3) is 0 Å². The van der Waals surface area contributed by atoms with Gasteiger partial charge in [-0.25, -0.2) is 0 Å². The van der Waals surface area contributed by atoms with Gasteiger partial charge in [-0.15, -0.1) is 0 Å². The van der Waals surface area contributed by atoms with Crippen LogP contribution in [-0.4, -0.2) is 24.2 Å². The molecule has 1 aliphatic rings. The van der Waals surface area contributed by atoms with E-state index < -0.39 is 0 Å². The highest BCUT2D eigenvalue weighted by Gasteiger charge is 2.22. The van der Waals surface area contributed by atoms with Gasteiger partial charge in [-0.1, -0.05) is 26.2 Å². The number of rotatable bonds is 4. The van der Waals surface area contributed by atoms with Crippen LogP contribution in [0.15, 0.2) is 0 Å². The molecule has 1 saturated carbocycles. The van der Waals surface area contributed by atoms with Crippen molar-refractivity contribution in [1.29, 1.82) is 0 Å². The smallest absolute Gasteiger partial charge is 0.246 e. The molecule has 1 amide bonds. The zero-order valence-corrected chi connectivity index (χ0v) is 11.7. The van der Waals surface area contributed by atoms with Crippen LogP contribution >= 0.6 is 0 Å². The topological polar surface area (TPSA) is 38.3 Å². The highest BCUT2D eigenvalue weighted by Crippen LogP contribution is 2.26. The third-order valence-electron chi connectivity index (χ3n) is 3.36. The van der Waals surface area contributed by atoms with Crippen LogP contribution in [-0.2, 0) is 9.53 Å². The molecule has 1 aliphatic carbocycles. The summed E-state index contributed by atoms with van der Waals surface area (Å²) in [4.78, 5) is 11.7. The molecule has 1 fully saturated rings. The van der Waals surface area contributed by atoms with Crippen molar-refractivity contribution in [2.24, 2.45) is 5.92 Å². The zero-order valence-electron chi connectivity index (χ0n) is 11.7. The number of carbonyl (C=O) groups excluding carboxylic acids is 1. The molecule has 2 atom stereocenters. The maximum absolute atomic E-state index is 11.7. The van der Waals surface area contributed by atoms with Gasteiger partial charge in [0, 0.05) is 6.04 Å². The van der Waals surface area contributed by atoms with Crippen LogP contribution in [0, 0.1) is 5.92 Å². The molecule has 3 nitrogen and oxygen atoms in total. The second-order valence-corrected chi connectivity index (χ2v) is 6.11. The summed E-state index contributed by atoms with van der Waals surface area (Å²) in [5, 5.41) is 3.09. The number of ether oxygens (including phenoxy) is 1. The molecule has 0 bridgehead atoms. The first-order valence-electron chi connectivity index (χ1n) is 6.84. The third-order valence-corrected chi connectivity index (χ3v) is 3.36. The standard InChI is InChI=1S/C14H27NO2/c1-5-11-7-6-8-12(9-11)15-13(16)10-17-14(2,3)4/h11-12H,5-10H2,1-4H3,(H,15,16). The summed E-state index contributed by atoms with van der Waals surface area (Å²) >= 11 is 0. The molecule has 1 N–H and O–H groups in total. The van der Waals surface area contributed by atoms with Gasteiger partial charge in [-0.05, 0) is 39.5 Å². The van der Waals surface area contributed by atoms with Gasteiger partial charge in [0.1, 0.15) is 6.61 Å². The first-order valence-corrected chi connectivity index (χ1v) is 6.84. The van der Waals surface area contributed by atoms with E-state index in [0.717, 1.165) is 18.8 Å². The first kappa shape index (κ1) is 14.5. The number of hydrogen-bond acceptors (Lipinski definition) is 2. The highest BCUT2D eigenvalue weighted by atomic mass is 16.5. The lowest BCUT2D eigenvalue weighted by Gasteiger charge is -2.29. The fourth-order valence-electron chi connectivity index (χ4n) is 2.34. The van der Waals surface area contributed by atoms with Gasteiger partial charge in [-0.3, -0.25) is 4.79 Å². The minimum absolute atomic E-state index is 0.0293. The van der Waals surface area contributed by atoms with Crippen LogP contribution < -0.4 is 5.32 Å². The molecular weight excluding hydrogens is 214 g/mol. The number of amides is 1. The maximum atomic E-state index is 11.7.